The van der Waals surface area contributed by atoms with Crippen LogP contribution in [0.25, 0.3) is 22.3 Å². The molecule has 3 aromatic carbocycles. The number of nitrogens with zero attached hydrogens (tertiary/aromatic N) is 3. The van der Waals surface area contributed by atoms with E-state index in [-0.39, 0.29) is 5.91 Å². The Morgan fingerprint density at radius 2 is 1.66 bits per heavy atom. The van der Waals surface area contributed by atoms with E-state index in [9.17, 15) is 4.79 Å². The third-order valence-electron chi connectivity index (χ3n) is 7.36. The lowest BCUT2D eigenvalue weighted by atomic mass is 10.1. The van der Waals surface area contributed by atoms with Crippen molar-refractivity contribution in [2.45, 2.75) is 32.4 Å². The minimum absolute atomic E-state index is 0.0829. The molecule has 0 unspecified atom stereocenters. The van der Waals surface area contributed by atoms with Crippen LogP contribution in [0.5, 0.6) is 5.75 Å². The van der Waals surface area contributed by atoms with Crippen LogP contribution in [0.4, 0.5) is 11.5 Å². The van der Waals surface area contributed by atoms with Gasteiger partial charge in [-0.1, -0.05) is 61.0 Å². The van der Waals surface area contributed by atoms with E-state index >= 15 is 0 Å². The molecule has 1 aliphatic heterocycles. The highest BCUT2D eigenvalue weighted by molar-refractivity contribution is 5.93. The molecule has 0 saturated carbocycles. The average molecular weight is 547 g/mol. The number of rotatable bonds is 10. The molecule has 0 aliphatic carbocycles. The molecule has 2 aromatic heterocycles. The molecule has 1 saturated heterocycles. The summed E-state index contributed by atoms with van der Waals surface area (Å²) in [7, 11) is 0. The predicted octanol–water partition coefficient (Wildman–Crippen LogP) is 6.05. The summed E-state index contributed by atoms with van der Waals surface area (Å²) in [5, 5.41) is 7.36. The lowest BCUT2D eigenvalue weighted by molar-refractivity contribution is -0.122. The Kier molecular flexibility index (Phi) is 8.19. The molecule has 208 valence electrons. The van der Waals surface area contributed by atoms with Gasteiger partial charge in [0.1, 0.15) is 30.1 Å². The van der Waals surface area contributed by atoms with E-state index in [4.69, 9.17) is 4.74 Å². The summed E-state index contributed by atoms with van der Waals surface area (Å²) in [5.41, 5.74) is 5.85. The number of carbonyl (C=O) groups is 1. The van der Waals surface area contributed by atoms with E-state index in [2.05, 4.69) is 48.7 Å². The molecule has 1 fully saturated rings. The van der Waals surface area contributed by atoms with Crippen LogP contribution >= 0.6 is 0 Å². The van der Waals surface area contributed by atoms with Crippen LogP contribution in [0.1, 0.15) is 30.4 Å². The number of ether oxygens (including phenoxy) is 1. The maximum absolute atomic E-state index is 12.4. The first kappa shape index (κ1) is 26.5. The van der Waals surface area contributed by atoms with Gasteiger partial charge in [-0.2, -0.15) is 0 Å². The Balaban J connectivity index is 1.07. The number of fused-ring (bicyclic) bond motifs is 1. The van der Waals surface area contributed by atoms with Gasteiger partial charge >= 0.3 is 0 Å². The second kappa shape index (κ2) is 12.7. The van der Waals surface area contributed by atoms with E-state index in [0.29, 0.717) is 19.7 Å². The van der Waals surface area contributed by atoms with Crippen LogP contribution in [0.15, 0.2) is 91.3 Å². The summed E-state index contributed by atoms with van der Waals surface area (Å²) < 4.78 is 5.90. The normalized spacial score (nSPS) is 13.7. The number of amides is 1. The smallest absolute Gasteiger partial charge is 0.234 e. The van der Waals surface area contributed by atoms with Gasteiger partial charge < -0.3 is 20.4 Å². The van der Waals surface area contributed by atoms with Crippen molar-refractivity contribution in [3.63, 3.8) is 0 Å². The highest BCUT2D eigenvalue weighted by atomic mass is 16.5. The van der Waals surface area contributed by atoms with E-state index in [1.165, 1.54) is 19.3 Å². The van der Waals surface area contributed by atoms with Gasteiger partial charge in [0.15, 0.2) is 0 Å². The van der Waals surface area contributed by atoms with Crippen molar-refractivity contribution in [3.05, 3.63) is 102 Å². The number of aromatic amines is 1. The Hall–Kier alpha value is -4.69. The number of carbonyl (C=O) groups excluding carboxylic acids is 1. The number of benzene rings is 3. The minimum atomic E-state index is 0.0829. The van der Waals surface area contributed by atoms with E-state index in [1.807, 2.05) is 66.7 Å². The molecule has 8 heteroatoms. The molecule has 1 amide bonds. The summed E-state index contributed by atoms with van der Waals surface area (Å²) in [6.45, 7) is 3.57. The molecule has 41 heavy (non-hydrogen) atoms. The SMILES string of the molecule is O=C(CN1CCCCC1)NCc1ccc(-c2cc3c(Nc4ccc(OCc5ccccc5)cc4)ncnc3[nH]2)cc1. The highest BCUT2D eigenvalue weighted by Crippen LogP contribution is 2.29. The number of nitrogens with one attached hydrogen (secondary N) is 3. The molecule has 8 nitrogen and oxygen atoms in total. The monoisotopic (exact) mass is 546 g/mol. The second-order valence-corrected chi connectivity index (χ2v) is 10.4. The van der Waals surface area contributed by atoms with E-state index < -0.39 is 0 Å². The van der Waals surface area contributed by atoms with Crippen LogP contribution in [-0.2, 0) is 17.9 Å². The first-order valence-corrected chi connectivity index (χ1v) is 14.2. The zero-order valence-electron chi connectivity index (χ0n) is 23.0. The number of anilines is 2. The second-order valence-electron chi connectivity index (χ2n) is 10.4. The Morgan fingerprint density at radius 1 is 0.878 bits per heavy atom. The number of H-pyrrole nitrogens is 1. The van der Waals surface area contributed by atoms with Crippen molar-refractivity contribution in [2.75, 3.05) is 25.0 Å². The lowest BCUT2D eigenvalue weighted by Crippen LogP contribution is -2.39. The summed E-state index contributed by atoms with van der Waals surface area (Å²) in [5.74, 6) is 1.62. The topological polar surface area (TPSA) is 95.2 Å². The van der Waals surface area contributed by atoms with Crippen LogP contribution in [0, 0.1) is 0 Å². The van der Waals surface area contributed by atoms with Gasteiger partial charge in [-0.05, 0) is 73.0 Å². The fraction of sp³-hybridized carbons (Fsp3) is 0.242. The van der Waals surface area contributed by atoms with Crippen molar-refractivity contribution in [1.82, 2.24) is 25.2 Å². The molecule has 3 N–H and O–H groups in total. The quantitative estimate of drug-likeness (QED) is 0.197. The number of likely N-dealkylation sites (tertiary alicyclic amines) is 1. The molecule has 0 radical (unpaired) electrons. The molecule has 3 heterocycles. The Morgan fingerprint density at radius 3 is 2.44 bits per heavy atom. The summed E-state index contributed by atoms with van der Waals surface area (Å²) in [6.07, 6.45) is 5.19. The van der Waals surface area contributed by atoms with Crippen molar-refractivity contribution < 1.29 is 9.53 Å². The molecule has 1 aliphatic rings. The highest BCUT2D eigenvalue weighted by Gasteiger charge is 2.14. The van der Waals surface area contributed by atoms with Crippen molar-refractivity contribution in [2.24, 2.45) is 0 Å². The molecular weight excluding hydrogens is 512 g/mol. The Bertz CT molecular complexity index is 1580. The summed E-state index contributed by atoms with van der Waals surface area (Å²) in [4.78, 5) is 26.9. The largest absolute Gasteiger partial charge is 0.489 e. The van der Waals surface area contributed by atoms with Crippen LogP contribution < -0.4 is 15.4 Å². The van der Waals surface area contributed by atoms with Crippen molar-refractivity contribution in [3.8, 4) is 17.0 Å². The van der Waals surface area contributed by atoms with E-state index in [0.717, 1.165) is 63.8 Å². The first-order chi connectivity index (χ1) is 20.2. The van der Waals surface area contributed by atoms with Crippen molar-refractivity contribution in [1.29, 1.82) is 0 Å². The van der Waals surface area contributed by atoms with Gasteiger partial charge in [-0.25, -0.2) is 9.97 Å². The fourth-order valence-corrected chi connectivity index (χ4v) is 5.09. The number of piperidine rings is 1. The third-order valence-corrected chi connectivity index (χ3v) is 7.36. The Labute approximate surface area is 239 Å². The zero-order valence-corrected chi connectivity index (χ0v) is 23.0. The summed E-state index contributed by atoms with van der Waals surface area (Å²) in [6, 6.07) is 28.2. The van der Waals surface area contributed by atoms with Gasteiger partial charge in [0.05, 0.1) is 11.9 Å². The molecule has 6 rings (SSSR count). The zero-order chi connectivity index (χ0) is 27.9. The van der Waals surface area contributed by atoms with Gasteiger partial charge in [0, 0.05) is 17.9 Å². The predicted molar refractivity (Wildman–Crippen MR) is 162 cm³/mol. The van der Waals surface area contributed by atoms with Crippen LogP contribution in [-0.4, -0.2) is 45.4 Å². The lowest BCUT2D eigenvalue weighted by Gasteiger charge is -2.25. The van der Waals surface area contributed by atoms with Gasteiger partial charge in [0.25, 0.3) is 0 Å². The number of aromatic nitrogens is 3. The molecule has 0 atom stereocenters. The number of hydrogen-bond acceptors (Lipinski definition) is 6. The third kappa shape index (κ3) is 6.91. The number of hydrogen-bond donors (Lipinski definition) is 3. The molecular formula is C33H34N6O2. The van der Waals surface area contributed by atoms with Gasteiger partial charge in [0.2, 0.25) is 5.91 Å². The summed E-state index contributed by atoms with van der Waals surface area (Å²) >= 11 is 0. The standard InChI is InChI=1S/C33H34N6O2/c40-31(21-39-17-5-2-6-18-39)34-20-24-9-11-26(12-10-24)30-19-29-32(35-23-36-33(29)38-30)37-27-13-15-28(16-14-27)41-22-25-7-3-1-4-8-25/h1,3-4,7-16,19,23H,2,5-6,17-18,20-22H2,(H,34,40)(H2,35,36,37,38). The minimum Gasteiger partial charge on any atom is -0.489 e. The average Bonchev–Trinajstić information content (AvgIpc) is 3.47. The van der Waals surface area contributed by atoms with Crippen molar-refractivity contribution >= 4 is 28.4 Å². The van der Waals surface area contributed by atoms with Crippen LogP contribution in [0.3, 0.4) is 0 Å². The van der Waals surface area contributed by atoms with Crippen LogP contribution in [0.2, 0.25) is 0 Å². The van der Waals surface area contributed by atoms with Gasteiger partial charge in [-0.15, -0.1) is 0 Å². The fourth-order valence-electron chi connectivity index (χ4n) is 5.09. The first-order valence-electron chi connectivity index (χ1n) is 14.2. The maximum atomic E-state index is 12.4. The maximum Gasteiger partial charge on any atom is 0.234 e. The molecule has 0 spiro atoms. The molecule has 0 bridgehead atoms. The molecule has 5 aromatic rings. The van der Waals surface area contributed by atoms with E-state index in [1.54, 1.807) is 6.33 Å². The van der Waals surface area contributed by atoms with Gasteiger partial charge in [-0.3, -0.25) is 9.69 Å².